The van der Waals surface area contributed by atoms with Crippen molar-refractivity contribution >= 4 is 17.3 Å². The molecular weight excluding hydrogens is 280 g/mol. The molecule has 0 amide bonds. The van der Waals surface area contributed by atoms with Crippen molar-refractivity contribution in [2.24, 2.45) is 0 Å². The van der Waals surface area contributed by atoms with Gasteiger partial charge in [0.1, 0.15) is 0 Å². The van der Waals surface area contributed by atoms with Crippen molar-refractivity contribution in [1.29, 1.82) is 0 Å². The van der Waals surface area contributed by atoms with E-state index in [0.717, 1.165) is 30.3 Å². The fraction of sp³-hybridized carbons (Fsp3) is 0.333. The Labute approximate surface area is 132 Å². The van der Waals surface area contributed by atoms with E-state index in [1.807, 2.05) is 6.07 Å². The molecule has 3 heteroatoms. The second kappa shape index (κ2) is 7.48. The van der Waals surface area contributed by atoms with Crippen LogP contribution < -0.4 is 10.2 Å². The summed E-state index contributed by atoms with van der Waals surface area (Å²) >= 11 is 6.43. The highest BCUT2D eigenvalue weighted by molar-refractivity contribution is 6.33. The predicted octanol–water partition coefficient (Wildman–Crippen LogP) is 4.39. The molecule has 2 rings (SSSR count). The first-order valence-electron chi connectivity index (χ1n) is 7.36. The first-order chi connectivity index (χ1) is 10.1. The molecule has 0 aliphatic rings. The SMILES string of the molecule is CCNCc1ccc(N(C)Cc2cccc(C)c2)c(Cl)c1. The molecule has 1 N–H and O–H groups in total. The van der Waals surface area contributed by atoms with Gasteiger partial charge in [0.25, 0.3) is 0 Å². The van der Waals surface area contributed by atoms with E-state index < -0.39 is 0 Å². The van der Waals surface area contributed by atoms with E-state index in [1.54, 1.807) is 0 Å². The van der Waals surface area contributed by atoms with Crippen molar-refractivity contribution in [2.45, 2.75) is 26.9 Å². The summed E-state index contributed by atoms with van der Waals surface area (Å²) < 4.78 is 0. The molecule has 0 fully saturated rings. The molecular formula is C18H23ClN2. The lowest BCUT2D eigenvalue weighted by molar-refractivity contribution is 0.727. The number of hydrogen-bond acceptors (Lipinski definition) is 2. The number of rotatable bonds is 6. The molecule has 0 spiro atoms. The molecule has 0 unspecified atom stereocenters. The molecule has 0 aliphatic heterocycles. The Bertz CT molecular complexity index is 596. The Morgan fingerprint density at radius 3 is 2.57 bits per heavy atom. The summed E-state index contributed by atoms with van der Waals surface area (Å²) in [6.45, 7) is 6.90. The highest BCUT2D eigenvalue weighted by atomic mass is 35.5. The average molecular weight is 303 g/mol. The molecule has 0 radical (unpaired) electrons. The first kappa shape index (κ1) is 15.9. The zero-order chi connectivity index (χ0) is 15.2. The number of benzene rings is 2. The molecule has 2 aromatic carbocycles. The van der Waals surface area contributed by atoms with Gasteiger partial charge in [0.05, 0.1) is 10.7 Å². The molecule has 2 aromatic rings. The van der Waals surface area contributed by atoms with Gasteiger partial charge in [0.2, 0.25) is 0 Å². The number of halogens is 1. The van der Waals surface area contributed by atoms with Gasteiger partial charge in [-0.1, -0.05) is 54.4 Å². The van der Waals surface area contributed by atoms with E-state index in [-0.39, 0.29) is 0 Å². The van der Waals surface area contributed by atoms with Gasteiger partial charge in [-0.15, -0.1) is 0 Å². The average Bonchev–Trinajstić information content (AvgIpc) is 2.45. The lowest BCUT2D eigenvalue weighted by Gasteiger charge is -2.21. The van der Waals surface area contributed by atoms with Crippen LogP contribution in [0.1, 0.15) is 23.6 Å². The molecule has 0 saturated carbocycles. The van der Waals surface area contributed by atoms with Crippen LogP contribution in [0.4, 0.5) is 5.69 Å². The predicted molar refractivity (Wildman–Crippen MR) is 92.1 cm³/mol. The molecule has 112 valence electrons. The highest BCUT2D eigenvalue weighted by Gasteiger charge is 2.08. The number of nitrogens with zero attached hydrogens (tertiary/aromatic N) is 1. The van der Waals surface area contributed by atoms with Crippen molar-refractivity contribution in [2.75, 3.05) is 18.5 Å². The maximum atomic E-state index is 6.43. The number of hydrogen-bond donors (Lipinski definition) is 1. The summed E-state index contributed by atoms with van der Waals surface area (Å²) in [7, 11) is 2.08. The van der Waals surface area contributed by atoms with Crippen LogP contribution in [0, 0.1) is 6.92 Å². The van der Waals surface area contributed by atoms with Crippen molar-refractivity contribution in [3.05, 3.63) is 64.2 Å². The van der Waals surface area contributed by atoms with Gasteiger partial charge >= 0.3 is 0 Å². The maximum Gasteiger partial charge on any atom is 0.0642 e. The van der Waals surface area contributed by atoms with Crippen LogP contribution in [0.2, 0.25) is 5.02 Å². The van der Waals surface area contributed by atoms with E-state index >= 15 is 0 Å². The van der Waals surface area contributed by atoms with Crippen LogP contribution in [-0.4, -0.2) is 13.6 Å². The quantitative estimate of drug-likeness (QED) is 0.851. The molecule has 0 saturated heterocycles. The van der Waals surface area contributed by atoms with Gasteiger partial charge in [-0.2, -0.15) is 0 Å². The van der Waals surface area contributed by atoms with E-state index in [2.05, 4.69) is 67.5 Å². The van der Waals surface area contributed by atoms with Crippen LogP contribution in [0.25, 0.3) is 0 Å². The Morgan fingerprint density at radius 1 is 1.10 bits per heavy atom. The largest absolute Gasteiger partial charge is 0.369 e. The third-order valence-electron chi connectivity index (χ3n) is 3.50. The van der Waals surface area contributed by atoms with Gasteiger partial charge in [-0.25, -0.2) is 0 Å². The number of nitrogens with one attached hydrogen (secondary N) is 1. The summed E-state index contributed by atoms with van der Waals surface area (Å²) in [6.07, 6.45) is 0. The van der Waals surface area contributed by atoms with Gasteiger partial charge in [0.15, 0.2) is 0 Å². The minimum absolute atomic E-state index is 0.806. The summed E-state index contributed by atoms with van der Waals surface area (Å²) in [5, 5.41) is 4.12. The lowest BCUT2D eigenvalue weighted by Crippen LogP contribution is -2.17. The van der Waals surface area contributed by atoms with E-state index in [1.165, 1.54) is 16.7 Å². The van der Waals surface area contributed by atoms with Crippen molar-refractivity contribution in [3.63, 3.8) is 0 Å². The Kier molecular flexibility index (Phi) is 5.66. The third kappa shape index (κ3) is 4.48. The van der Waals surface area contributed by atoms with Gasteiger partial charge in [0, 0.05) is 20.1 Å². The summed E-state index contributed by atoms with van der Waals surface area (Å²) in [6, 6.07) is 14.9. The fourth-order valence-electron chi connectivity index (χ4n) is 2.41. The summed E-state index contributed by atoms with van der Waals surface area (Å²) in [5.41, 5.74) is 4.87. The third-order valence-corrected chi connectivity index (χ3v) is 3.81. The van der Waals surface area contributed by atoms with Crippen molar-refractivity contribution < 1.29 is 0 Å². The summed E-state index contributed by atoms with van der Waals surface area (Å²) in [4.78, 5) is 2.19. The first-order valence-corrected chi connectivity index (χ1v) is 7.73. The molecule has 0 aliphatic carbocycles. The van der Waals surface area contributed by atoms with Crippen LogP contribution in [0.3, 0.4) is 0 Å². The van der Waals surface area contributed by atoms with Crippen LogP contribution >= 0.6 is 11.6 Å². The molecule has 2 nitrogen and oxygen atoms in total. The van der Waals surface area contributed by atoms with Crippen LogP contribution in [-0.2, 0) is 13.1 Å². The second-order valence-corrected chi connectivity index (χ2v) is 5.82. The fourth-order valence-corrected chi connectivity index (χ4v) is 2.76. The molecule has 0 bridgehead atoms. The van der Waals surface area contributed by atoms with E-state index in [9.17, 15) is 0 Å². The molecule has 0 atom stereocenters. The van der Waals surface area contributed by atoms with Gasteiger partial charge in [-0.05, 0) is 36.7 Å². The standard InChI is InChI=1S/C18H23ClN2/c1-4-20-12-15-8-9-18(17(19)11-15)21(3)13-16-7-5-6-14(2)10-16/h5-11,20H,4,12-13H2,1-3H3. The number of anilines is 1. The smallest absolute Gasteiger partial charge is 0.0642 e. The summed E-state index contributed by atoms with van der Waals surface area (Å²) in [5.74, 6) is 0. The molecule has 0 heterocycles. The molecule has 21 heavy (non-hydrogen) atoms. The molecule has 0 aromatic heterocycles. The van der Waals surface area contributed by atoms with Crippen LogP contribution in [0.15, 0.2) is 42.5 Å². The number of aryl methyl sites for hydroxylation is 1. The zero-order valence-electron chi connectivity index (χ0n) is 13.0. The maximum absolute atomic E-state index is 6.43. The van der Waals surface area contributed by atoms with Crippen molar-refractivity contribution in [1.82, 2.24) is 5.32 Å². The van der Waals surface area contributed by atoms with Gasteiger partial charge < -0.3 is 10.2 Å². The Morgan fingerprint density at radius 2 is 1.90 bits per heavy atom. The van der Waals surface area contributed by atoms with E-state index in [4.69, 9.17) is 11.6 Å². The monoisotopic (exact) mass is 302 g/mol. The minimum atomic E-state index is 0.806. The second-order valence-electron chi connectivity index (χ2n) is 5.41. The van der Waals surface area contributed by atoms with Crippen molar-refractivity contribution in [3.8, 4) is 0 Å². The van der Waals surface area contributed by atoms with E-state index in [0.29, 0.717) is 0 Å². The Balaban J connectivity index is 2.10. The van der Waals surface area contributed by atoms with Gasteiger partial charge in [-0.3, -0.25) is 0 Å². The minimum Gasteiger partial charge on any atom is -0.369 e. The normalized spacial score (nSPS) is 10.7. The highest BCUT2D eigenvalue weighted by Crippen LogP contribution is 2.27. The Hall–Kier alpha value is -1.51. The lowest BCUT2D eigenvalue weighted by atomic mass is 10.1. The topological polar surface area (TPSA) is 15.3 Å². The van der Waals surface area contributed by atoms with Crippen LogP contribution in [0.5, 0.6) is 0 Å². The zero-order valence-corrected chi connectivity index (χ0v) is 13.7.